The van der Waals surface area contributed by atoms with Crippen LogP contribution in [0.4, 0.5) is 0 Å². The van der Waals surface area contributed by atoms with Gasteiger partial charge in [0.15, 0.2) is 0 Å². The molecule has 1 aromatic heterocycles. The molecule has 3 nitrogen and oxygen atoms in total. The number of rotatable bonds is 5. The minimum atomic E-state index is -0.944. The monoisotopic (exact) mass is 209 g/mol. The molecule has 0 atom stereocenters. The van der Waals surface area contributed by atoms with E-state index in [2.05, 4.69) is 11.6 Å². The lowest BCUT2D eigenvalue weighted by Crippen LogP contribution is -1.96. The molecule has 0 aliphatic rings. The number of allylic oxidation sites excluding steroid dienone is 1. The second-order valence-electron chi connectivity index (χ2n) is 2.62. The number of aromatic nitrogens is 1. The molecule has 1 aromatic rings. The molecule has 0 amide bonds. The number of carboxylic acids is 1. The minimum absolute atomic E-state index is 0.220. The molecule has 1 N–H and O–H groups in total. The van der Waals surface area contributed by atoms with Crippen LogP contribution in [0, 0.1) is 0 Å². The highest BCUT2D eigenvalue weighted by atomic mass is 32.2. The van der Waals surface area contributed by atoms with Crippen LogP contribution in [0.2, 0.25) is 0 Å². The molecule has 0 fully saturated rings. The molecule has 4 heteroatoms. The van der Waals surface area contributed by atoms with Gasteiger partial charge in [-0.3, -0.25) is 0 Å². The lowest BCUT2D eigenvalue weighted by Gasteiger charge is -1.98. The molecule has 0 bridgehead atoms. The first-order valence-electron chi connectivity index (χ1n) is 4.17. The van der Waals surface area contributed by atoms with E-state index in [-0.39, 0.29) is 5.56 Å². The highest BCUT2D eigenvalue weighted by Crippen LogP contribution is 2.16. The molecule has 0 aliphatic heterocycles. The number of carbonyl (C=O) groups is 1. The Hall–Kier alpha value is -1.29. The maximum absolute atomic E-state index is 10.5. The fraction of sp³-hybridized carbons (Fsp3) is 0.200. The summed E-state index contributed by atoms with van der Waals surface area (Å²) in [5.41, 5.74) is 0.220. The van der Waals surface area contributed by atoms with E-state index in [4.69, 9.17) is 5.11 Å². The van der Waals surface area contributed by atoms with Crippen molar-refractivity contribution in [2.24, 2.45) is 0 Å². The summed E-state index contributed by atoms with van der Waals surface area (Å²) in [7, 11) is 0. The summed E-state index contributed by atoms with van der Waals surface area (Å²) in [4.78, 5) is 14.5. The van der Waals surface area contributed by atoms with Gasteiger partial charge in [0.2, 0.25) is 0 Å². The van der Waals surface area contributed by atoms with Crippen molar-refractivity contribution < 1.29 is 9.90 Å². The van der Waals surface area contributed by atoms with Gasteiger partial charge in [-0.15, -0.1) is 18.3 Å². The molecule has 0 saturated heterocycles. The summed E-state index contributed by atoms with van der Waals surface area (Å²) >= 11 is 1.59. The number of pyridine rings is 1. The number of hydrogen-bond acceptors (Lipinski definition) is 3. The molecule has 0 saturated carbocycles. The van der Waals surface area contributed by atoms with Crippen molar-refractivity contribution in [3.8, 4) is 0 Å². The number of hydrogen-bond donors (Lipinski definition) is 1. The Morgan fingerprint density at radius 1 is 1.64 bits per heavy atom. The molecule has 0 aromatic carbocycles. The Morgan fingerprint density at radius 2 is 2.43 bits per heavy atom. The van der Waals surface area contributed by atoms with E-state index in [1.807, 2.05) is 6.08 Å². The van der Waals surface area contributed by atoms with Gasteiger partial charge in [0.25, 0.3) is 0 Å². The van der Waals surface area contributed by atoms with Crippen molar-refractivity contribution in [2.75, 3.05) is 5.75 Å². The number of carboxylic acid groups (broad SMARTS) is 1. The van der Waals surface area contributed by atoms with Gasteiger partial charge in [0.1, 0.15) is 0 Å². The largest absolute Gasteiger partial charge is 0.478 e. The van der Waals surface area contributed by atoms with E-state index in [0.29, 0.717) is 0 Å². The molecule has 1 heterocycles. The Morgan fingerprint density at radius 3 is 2.93 bits per heavy atom. The second-order valence-corrected chi connectivity index (χ2v) is 3.73. The van der Waals surface area contributed by atoms with E-state index in [9.17, 15) is 4.79 Å². The van der Waals surface area contributed by atoms with Crippen molar-refractivity contribution in [1.82, 2.24) is 4.98 Å². The maximum Gasteiger partial charge on any atom is 0.337 e. The predicted molar refractivity (Wildman–Crippen MR) is 56.7 cm³/mol. The average molecular weight is 209 g/mol. The molecule has 0 radical (unpaired) electrons. The van der Waals surface area contributed by atoms with Gasteiger partial charge in [-0.1, -0.05) is 6.08 Å². The highest BCUT2D eigenvalue weighted by Gasteiger charge is 2.02. The van der Waals surface area contributed by atoms with Gasteiger partial charge in [-0.05, 0) is 18.6 Å². The Kier molecular flexibility index (Phi) is 4.19. The molecule has 0 unspecified atom stereocenters. The van der Waals surface area contributed by atoms with E-state index in [1.165, 1.54) is 6.20 Å². The molecule has 74 valence electrons. The molecular weight excluding hydrogens is 198 g/mol. The zero-order chi connectivity index (χ0) is 10.4. The summed E-state index contributed by atoms with van der Waals surface area (Å²) in [6, 6.07) is 3.28. The minimum Gasteiger partial charge on any atom is -0.478 e. The normalized spacial score (nSPS) is 9.71. The van der Waals surface area contributed by atoms with Crippen LogP contribution in [0.5, 0.6) is 0 Å². The van der Waals surface area contributed by atoms with Gasteiger partial charge >= 0.3 is 5.97 Å². The Balaban J connectivity index is 2.55. The van der Waals surface area contributed by atoms with Gasteiger partial charge in [-0.25, -0.2) is 9.78 Å². The van der Waals surface area contributed by atoms with Crippen LogP contribution < -0.4 is 0 Å². The van der Waals surface area contributed by atoms with Crippen molar-refractivity contribution in [1.29, 1.82) is 0 Å². The first-order chi connectivity index (χ1) is 6.74. The van der Waals surface area contributed by atoms with E-state index in [0.717, 1.165) is 17.2 Å². The predicted octanol–water partition coefficient (Wildman–Crippen LogP) is 2.45. The van der Waals surface area contributed by atoms with Crippen LogP contribution in [0.3, 0.4) is 0 Å². The van der Waals surface area contributed by atoms with Crippen LogP contribution in [-0.4, -0.2) is 21.8 Å². The maximum atomic E-state index is 10.5. The molecule has 0 aliphatic carbocycles. The molecule has 14 heavy (non-hydrogen) atoms. The third kappa shape index (κ3) is 3.22. The molecule has 1 rings (SSSR count). The first kappa shape index (κ1) is 10.8. The summed E-state index contributed by atoms with van der Waals surface area (Å²) in [5.74, 6) is -0.0248. The lowest BCUT2D eigenvalue weighted by atomic mass is 10.3. The zero-order valence-corrected chi connectivity index (χ0v) is 8.46. The van der Waals surface area contributed by atoms with Crippen LogP contribution in [0.1, 0.15) is 16.8 Å². The van der Waals surface area contributed by atoms with Crippen molar-refractivity contribution in [3.05, 3.63) is 36.5 Å². The van der Waals surface area contributed by atoms with Gasteiger partial charge in [-0.2, -0.15) is 0 Å². The quantitative estimate of drug-likeness (QED) is 0.459. The van der Waals surface area contributed by atoms with Gasteiger partial charge in [0.05, 0.1) is 10.6 Å². The molecule has 0 spiro atoms. The summed E-state index contributed by atoms with van der Waals surface area (Å²) in [6.07, 6.45) is 4.14. The zero-order valence-electron chi connectivity index (χ0n) is 7.64. The average Bonchev–Trinajstić information content (AvgIpc) is 2.19. The SMILES string of the molecule is C=CCCSc1ccc(C(=O)O)cn1. The number of thioether (sulfide) groups is 1. The third-order valence-electron chi connectivity index (χ3n) is 1.56. The van der Waals surface area contributed by atoms with Crippen molar-refractivity contribution in [2.45, 2.75) is 11.4 Å². The molecular formula is C10H11NO2S. The first-order valence-corrected chi connectivity index (χ1v) is 5.15. The van der Waals surface area contributed by atoms with Crippen LogP contribution in [0.15, 0.2) is 36.0 Å². The smallest absolute Gasteiger partial charge is 0.337 e. The van der Waals surface area contributed by atoms with E-state index in [1.54, 1.807) is 23.9 Å². The highest BCUT2D eigenvalue weighted by molar-refractivity contribution is 7.99. The van der Waals surface area contributed by atoms with E-state index >= 15 is 0 Å². The van der Waals surface area contributed by atoms with Crippen molar-refractivity contribution >= 4 is 17.7 Å². The fourth-order valence-corrected chi connectivity index (χ4v) is 1.62. The summed E-state index contributed by atoms with van der Waals surface area (Å²) in [6.45, 7) is 3.62. The Bertz CT molecular complexity index is 321. The number of nitrogens with zero attached hydrogens (tertiary/aromatic N) is 1. The fourth-order valence-electron chi connectivity index (χ4n) is 0.839. The third-order valence-corrected chi connectivity index (χ3v) is 2.53. The second kappa shape index (κ2) is 5.44. The van der Waals surface area contributed by atoms with Crippen LogP contribution in [-0.2, 0) is 0 Å². The van der Waals surface area contributed by atoms with Gasteiger partial charge in [0, 0.05) is 11.9 Å². The Labute approximate surface area is 86.9 Å². The lowest BCUT2D eigenvalue weighted by molar-refractivity contribution is 0.0696. The van der Waals surface area contributed by atoms with Crippen molar-refractivity contribution in [3.63, 3.8) is 0 Å². The summed E-state index contributed by atoms with van der Waals surface area (Å²) in [5, 5.41) is 9.47. The standard InChI is InChI=1S/C10H11NO2S/c1-2-3-6-14-9-5-4-8(7-11-9)10(12)13/h2,4-5,7H,1,3,6H2,(H,12,13). The van der Waals surface area contributed by atoms with Crippen LogP contribution >= 0.6 is 11.8 Å². The summed E-state index contributed by atoms with van der Waals surface area (Å²) < 4.78 is 0. The number of aromatic carboxylic acids is 1. The van der Waals surface area contributed by atoms with Gasteiger partial charge < -0.3 is 5.11 Å². The van der Waals surface area contributed by atoms with Crippen LogP contribution in [0.25, 0.3) is 0 Å². The topological polar surface area (TPSA) is 50.2 Å². The van der Waals surface area contributed by atoms with E-state index < -0.39 is 5.97 Å².